The van der Waals surface area contributed by atoms with E-state index in [9.17, 15) is 10.1 Å². The third-order valence-electron chi connectivity index (χ3n) is 2.74. The highest BCUT2D eigenvalue weighted by Crippen LogP contribution is 2.30. The Morgan fingerprint density at radius 2 is 2.38 bits per heavy atom. The molecule has 0 bridgehead atoms. The second-order valence-corrected chi connectivity index (χ2v) is 3.92. The van der Waals surface area contributed by atoms with Crippen LogP contribution in [0.5, 0.6) is 5.88 Å². The molecule has 0 atom stereocenters. The van der Waals surface area contributed by atoms with Gasteiger partial charge in [0.1, 0.15) is 6.10 Å². The van der Waals surface area contributed by atoms with Crippen LogP contribution in [0.25, 0.3) is 0 Å². The Labute approximate surface area is 92.6 Å². The quantitative estimate of drug-likeness (QED) is 0.609. The highest BCUT2D eigenvalue weighted by atomic mass is 16.6. The smallest absolute Gasteiger partial charge is 0.276 e. The van der Waals surface area contributed by atoms with Gasteiger partial charge in [0.05, 0.1) is 11.0 Å². The normalized spacial score (nSPS) is 23.6. The summed E-state index contributed by atoms with van der Waals surface area (Å²) in [5, 5.41) is 10.5. The van der Waals surface area contributed by atoms with Crippen molar-refractivity contribution >= 4 is 5.69 Å². The van der Waals surface area contributed by atoms with Gasteiger partial charge in [-0.05, 0) is 25.3 Å². The molecule has 0 radical (unpaired) electrons. The minimum atomic E-state index is -0.460. The Morgan fingerprint density at radius 3 is 3.00 bits per heavy atom. The highest BCUT2D eigenvalue weighted by molar-refractivity contribution is 5.32. The van der Waals surface area contributed by atoms with Gasteiger partial charge >= 0.3 is 0 Å². The van der Waals surface area contributed by atoms with E-state index in [1.165, 1.54) is 18.3 Å². The maximum Gasteiger partial charge on any atom is 0.276 e. The predicted molar refractivity (Wildman–Crippen MR) is 57.1 cm³/mol. The Balaban J connectivity index is 1.95. The molecule has 0 aromatic carbocycles. The average molecular weight is 223 g/mol. The number of hydrogen-bond donors (Lipinski definition) is 1. The van der Waals surface area contributed by atoms with Crippen molar-refractivity contribution in [2.75, 3.05) is 6.54 Å². The van der Waals surface area contributed by atoms with E-state index in [2.05, 4.69) is 4.98 Å². The first-order valence-corrected chi connectivity index (χ1v) is 5.16. The van der Waals surface area contributed by atoms with Crippen molar-refractivity contribution in [2.24, 2.45) is 11.7 Å². The summed E-state index contributed by atoms with van der Waals surface area (Å²) in [5.41, 5.74) is 5.49. The lowest BCUT2D eigenvalue weighted by Gasteiger charge is -2.33. The molecule has 1 aromatic rings. The molecule has 1 aliphatic rings. The van der Waals surface area contributed by atoms with Crippen LogP contribution in [-0.4, -0.2) is 22.6 Å². The van der Waals surface area contributed by atoms with E-state index in [1.807, 2.05) is 0 Å². The van der Waals surface area contributed by atoms with Crippen molar-refractivity contribution in [3.05, 3.63) is 28.4 Å². The number of ether oxygens (including phenoxy) is 1. The van der Waals surface area contributed by atoms with Crippen molar-refractivity contribution < 1.29 is 9.66 Å². The Kier molecular flexibility index (Phi) is 3.00. The van der Waals surface area contributed by atoms with Gasteiger partial charge < -0.3 is 10.5 Å². The zero-order valence-electron chi connectivity index (χ0n) is 8.70. The van der Waals surface area contributed by atoms with Gasteiger partial charge in [-0.25, -0.2) is 4.98 Å². The molecule has 2 rings (SSSR count). The zero-order chi connectivity index (χ0) is 11.5. The number of pyridine rings is 1. The van der Waals surface area contributed by atoms with Crippen LogP contribution in [0.15, 0.2) is 18.3 Å². The summed E-state index contributed by atoms with van der Waals surface area (Å²) < 4.78 is 5.50. The number of rotatable bonds is 4. The van der Waals surface area contributed by atoms with Crippen LogP contribution in [0.1, 0.15) is 12.8 Å². The van der Waals surface area contributed by atoms with Crippen LogP contribution < -0.4 is 10.5 Å². The van der Waals surface area contributed by atoms with Gasteiger partial charge in [0.15, 0.2) is 0 Å². The Hall–Kier alpha value is -1.69. The number of aromatic nitrogens is 1. The van der Waals surface area contributed by atoms with Crippen molar-refractivity contribution in [3.8, 4) is 5.88 Å². The number of nitrogens with two attached hydrogens (primary N) is 1. The molecule has 1 heterocycles. The van der Waals surface area contributed by atoms with Crippen molar-refractivity contribution in [1.29, 1.82) is 0 Å². The molecule has 0 saturated heterocycles. The summed E-state index contributed by atoms with van der Waals surface area (Å²) in [6.45, 7) is 0.669. The van der Waals surface area contributed by atoms with E-state index < -0.39 is 4.92 Å². The van der Waals surface area contributed by atoms with Gasteiger partial charge in [-0.3, -0.25) is 10.1 Å². The first-order chi connectivity index (χ1) is 7.69. The average Bonchev–Trinajstić information content (AvgIpc) is 2.23. The van der Waals surface area contributed by atoms with Crippen LogP contribution in [0, 0.1) is 16.0 Å². The second-order valence-electron chi connectivity index (χ2n) is 3.92. The van der Waals surface area contributed by atoms with Crippen molar-refractivity contribution in [2.45, 2.75) is 18.9 Å². The lowest BCUT2D eigenvalue weighted by atomic mass is 9.82. The van der Waals surface area contributed by atoms with Crippen LogP contribution in [0.2, 0.25) is 0 Å². The molecular weight excluding hydrogens is 210 g/mol. The van der Waals surface area contributed by atoms with E-state index in [-0.39, 0.29) is 11.8 Å². The summed E-state index contributed by atoms with van der Waals surface area (Å²) >= 11 is 0. The molecule has 6 heteroatoms. The summed E-state index contributed by atoms with van der Waals surface area (Å²) in [6, 6.07) is 2.69. The molecule has 0 aliphatic heterocycles. The topological polar surface area (TPSA) is 91.3 Å². The van der Waals surface area contributed by atoms with Crippen molar-refractivity contribution in [3.63, 3.8) is 0 Å². The molecule has 2 N–H and O–H groups in total. The number of nitrogens with zero attached hydrogens (tertiary/aromatic N) is 2. The Morgan fingerprint density at radius 1 is 1.62 bits per heavy atom. The van der Waals surface area contributed by atoms with Gasteiger partial charge in [-0.2, -0.15) is 0 Å². The van der Waals surface area contributed by atoms with E-state index in [0.717, 1.165) is 12.8 Å². The molecule has 16 heavy (non-hydrogen) atoms. The van der Waals surface area contributed by atoms with Crippen LogP contribution >= 0.6 is 0 Å². The molecule has 6 nitrogen and oxygen atoms in total. The molecule has 0 amide bonds. The largest absolute Gasteiger partial charge is 0.474 e. The van der Waals surface area contributed by atoms with Gasteiger partial charge in [0, 0.05) is 12.3 Å². The van der Waals surface area contributed by atoms with E-state index in [1.54, 1.807) is 0 Å². The molecule has 1 fully saturated rings. The van der Waals surface area contributed by atoms with Gasteiger partial charge in [-0.1, -0.05) is 0 Å². The maximum atomic E-state index is 10.5. The molecule has 86 valence electrons. The lowest BCUT2D eigenvalue weighted by Crippen LogP contribution is -2.37. The van der Waals surface area contributed by atoms with E-state index in [0.29, 0.717) is 18.3 Å². The number of hydrogen-bond acceptors (Lipinski definition) is 5. The van der Waals surface area contributed by atoms with Gasteiger partial charge in [0.25, 0.3) is 5.69 Å². The summed E-state index contributed by atoms with van der Waals surface area (Å²) in [6.07, 6.45) is 3.29. The molecule has 1 aliphatic carbocycles. The summed E-state index contributed by atoms with van der Waals surface area (Å²) in [7, 11) is 0. The first-order valence-electron chi connectivity index (χ1n) is 5.16. The van der Waals surface area contributed by atoms with Gasteiger partial charge in [0.2, 0.25) is 5.88 Å². The molecular formula is C10H13N3O3. The SMILES string of the molecule is NCC1CC(Oc2cc([N+](=O)[O-])ccn2)C1. The van der Waals surface area contributed by atoms with E-state index >= 15 is 0 Å². The maximum absolute atomic E-state index is 10.5. The Bertz CT molecular complexity index is 391. The standard InChI is InChI=1S/C10H13N3O3/c11-6-7-3-9(4-7)16-10-5-8(13(14)15)1-2-12-10/h1-2,5,7,9H,3-4,6,11H2. The first kappa shape index (κ1) is 10.8. The van der Waals surface area contributed by atoms with Crippen LogP contribution in [-0.2, 0) is 0 Å². The fourth-order valence-electron chi connectivity index (χ4n) is 1.71. The predicted octanol–water partition coefficient (Wildman–Crippen LogP) is 1.11. The minimum Gasteiger partial charge on any atom is -0.474 e. The second kappa shape index (κ2) is 4.44. The third-order valence-corrected chi connectivity index (χ3v) is 2.74. The molecule has 0 unspecified atom stereocenters. The monoisotopic (exact) mass is 223 g/mol. The van der Waals surface area contributed by atoms with E-state index in [4.69, 9.17) is 10.5 Å². The fourth-order valence-corrected chi connectivity index (χ4v) is 1.71. The minimum absolute atomic E-state index is 0.000279. The number of nitro groups is 1. The lowest BCUT2D eigenvalue weighted by molar-refractivity contribution is -0.385. The fraction of sp³-hybridized carbons (Fsp3) is 0.500. The molecule has 1 saturated carbocycles. The highest BCUT2D eigenvalue weighted by Gasteiger charge is 2.30. The third kappa shape index (κ3) is 2.27. The molecule has 1 aromatic heterocycles. The molecule has 0 spiro atoms. The summed E-state index contributed by atoms with van der Waals surface area (Å²) in [4.78, 5) is 14.0. The van der Waals surface area contributed by atoms with Crippen LogP contribution in [0.4, 0.5) is 5.69 Å². The summed E-state index contributed by atoms with van der Waals surface area (Å²) in [5.74, 6) is 0.832. The van der Waals surface area contributed by atoms with Gasteiger partial charge in [-0.15, -0.1) is 0 Å². The zero-order valence-corrected chi connectivity index (χ0v) is 8.70. The van der Waals surface area contributed by atoms with Crippen LogP contribution in [0.3, 0.4) is 0 Å². The van der Waals surface area contributed by atoms with Crippen molar-refractivity contribution in [1.82, 2.24) is 4.98 Å².